The molecule has 7 nitrogen and oxygen atoms in total. The van der Waals surface area contributed by atoms with E-state index in [1.165, 1.54) is 6.42 Å². The van der Waals surface area contributed by atoms with Crippen molar-refractivity contribution >= 4 is 22.7 Å². The molecule has 4 rings (SSSR count). The molecular formula is C21H29N5O2. The Morgan fingerprint density at radius 2 is 1.93 bits per heavy atom. The molecule has 1 N–H and O–H groups in total. The van der Waals surface area contributed by atoms with Crippen LogP contribution in [0, 0.1) is 0 Å². The summed E-state index contributed by atoms with van der Waals surface area (Å²) in [5.74, 6) is 0.384. The Hall–Kier alpha value is -2.41. The molecular weight excluding hydrogens is 354 g/mol. The zero-order chi connectivity index (χ0) is 19.5. The van der Waals surface area contributed by atoms with Crippen LogP contribution >= 0.6 is 0 Å². The SMILES string of the molecule is C[C@H]1CCCCN1C(=O)CN1CCN(C(=O)Cc2ccc3cn[nH]c3c2)CC1. The fraction of sp³-hybridized carbons (Fsp3) is 0.571. The molecule has 28 heavy (non-hydrogen) atoms. The van der Waals surface area contributed by atoms with Gasteiger partial charge >= 0.3 is 0 Å². The predicted molar refractivity (Wildman–Crippen MR) is 108 cm³/mol. The van der Waals surface area contributed by atoms with Crippen molar-refractivity contribution in [2.75, 3.05) is 39.3 Å². The number of likely N-dealkylation sites (tertiary alicyclic amines) is 1. The Bertz CT molecular complexity index is 840. The number of nitrogens with zero attached hydrogens (tertiary/aromatic N) is 4. The van der Waals surface area contributed by atoms with Crippen LogP contribution in [0.5, 0.6) is 0 Å². The first-order valence-corrected chi connectivity index (χ1v) is 10.3. The van der Waals surface area contributed by atoms with Gasteiger partial charge in [0, 0.05) is 44.2 Å². The largest absolute Gasteiger partial charge is 0.340 e. The van der Waals surface area contributed by atoms with Crippen molar-refractivity contribution in [3.63, 3.8) is 0 Å². The minimum atomic E-state index is 0.148. The lowest BCUT2D eigenvalue weighted by atomic mass is 10.0. The van der Waals surface area contributed by atoms with Crippen molar-refractivity contribution in [1.29, 1.82) is 0 Å². The highest BCUT2D eigenvalue weighted by Crippen LogP contribution is 2.17. The van der Waals surface area contributed by atoms with Crippen molar-refractivity contribution in [3.8, 4) is 0 Å². The number of carbonyl (C=O) groups excluding carboxylic acids is 2. The van der Waals surface area contributed by atoms with Gasteiger partial charge in [0.05, 0.1) is 24.7 Å². The summed E-state index contributed by atoms with van der Waals surface area (Å²) in [5, 5.41) is 8.03. The summed E-state index contributed by atoms with van der Waals surface area (Å²) in [7, 11) is 0. The molecule has 1 atom stereocenters. The van der Waals surface area contributed by atoms with E-state index in [1.807, 2.05) is 28.0 Å². The van der Waals surface area contributed by atoms with Gasteiger partial charge in [0.1, 0.15) is 0 Å². The van der Waals surface area contributed by atoms with Gasteiger partial charge in [-0.05, 0) is 37.8 Å². The summed E-state index contributed by atoms with van der Waals surface area (Å²) in [5.41, 5.74) is 1.96. The molecule has 7 heteroatoms. The van der Waals surface area contributed by atoms with Crippen LogP contribution < -0.4 is 0 Å². The van der Waals surface area contributed by atoms with Gasteiger partial charge in [-0.25, -0.2) is 0 Å². The molecule has 2 amide bonds. The highest BCUT2D eigenvalue weighted by Gasteiger charge is 2.27. The highest BCUT2D eigenvalue weighted by atomic mass is 16.2. The van der Waals surface area contributed by atoms with Gasteiger partial charge in [-0.3, -0.25) is 19.6 Å². The third-order valence-corrected chi connectivity index (χ3v) is 6.07. The minimum absolute atomic E-state index is 0.148. The van der Waals surface area contributed by atoms with Gasteiger partial charge in [-0.15, -0.1) is 0 Å². The molecule has 1 aromatic carbocycles. The maximum atomic E-state index is 12.7. The first-order valence-electron chi connectivity index (χ1n) is 10.3. The Morgan fingerprint density at radius 3 is 2.71 bits per heavy atom. The summed E-state index contributed by atoms with van der Waals surface area (Å²) in [6.45, 7) is 6.41. The minimum Gasteiger partial charge on any atom is -0.340 e. The van der Waals surface area contributed by atoms with Gasteiger partial charge in [0.25, 0.3) is 0 Å². The number of carbonyl (C=O) groups is 2. The third kappa shape index (κ3) is 4.19. The molecule has 2 fully saturated rings. The fourth-order valence-electron chi connectivity index (χ4n) is 4.29. The number of H-pyrrole nitrogens is 1. The van der Waals surface area contributed by atoms with E-state index in [0.29, 0.717) is 32.1 Å². The van der Waals surface area contributed by atoms with Crippen LogP contribution in [0.2, 0.25) is 0 Å². The number of hydrogen-bond acceptors (Lipinski definition) is 4. The van der Waals surface area contributed by atoms with E-state index in [0.717, 1.165) is 48.9 Å². The highest BCUT2D eigenvalue weighted by molar-refractivity contribution is 5.83. The van der Waals surface area contributed by atoms with E-state index >= 15 is 0 Å². The molecule has 150 valence electrons. The van der Waals surface area contributed by atoms with Crippen molar-refractivity contribution < 1.29 is 9.59 Å². The zero-order valence-electron chi connectivity index (χ0n) is 16.6. The van der Waals surface area contributed by atoms with E-state index in [9.17, 15) is 9.59 Å². The van der Waals surface area contributed by atoms with E-state index in [-0.39, 0.29) is 11.8 Å². The maximum absolute atomic E-state index is 12.7. The van der Waals surface area contributed by atoms with Crippen molar-refractivity contribution in [1.82, 2.24) is 24.9 Å². The third-order valence-electron chi connectivity index (χ3n) is 6.07. The Labute approximate surface area is 165 Å². The number of amides is 2. The zero-order valence-corrected chi connectivity index (χ0v) is 16.6. The quantitative estimate of drug-likeness (QED) is 0.871. The van der Waals surface area contributed by atoms with Gasteiger partial charge in [0.2, 0.25) is 11.8 Å². The maximum Gasteiger partial charge on any atom is 0.236 e. The molecule has 0 aliphatic carbocycles. The number of benzene rings is 1. The summed E-state index contributed by atoms with van der Waals surface area (Å²) < 4.78 is 0. The number of piperazine rings is 1. The number of hydrogen-bond donors (Lipinski definition) is 1. The smallest absolute Gasteiger partial charge is 0.236 e. The van der Waals surface area contributed by atoms with Crippen LogP contribution in [-0.4, -0.2) is 82.0 Å². The second-order valence-corrected chi connectivity index (χ2v) is 8.06. The van der Waals surface area contributed by atoms with Crippen LogP contribution in [0.15, 0.2) is 24.4 Å². The van der Waals surface area contributed by atoms with Crippen LogP contribution in [0.1, 0.15) is 31.7 Å². The Balaban J connectivity index is 1.26. The first-order chi connectivity index (χ1) is 13.6. The van der Waals surface area contributed by atoms with Gasteiger partial charge in [-0.1, -0.05) is 12.1 Å². The summed E-state index contributed by atoms with van der Waals surface area (Å²) >= 11 is 0. The molecule has 0 spiro atoms. The second-order valence-electron chi connectivity index (χ2n) is 8.06. The number of nitrogens with one attached hydrogen (secondary N) is 1. The molecule has 2 aromatic rings. The first kappa shape index (κ1) is 18.9. The second kappa shape index (κ2) is 8.31. The van der Waals surface area contributed by atoms with Crippen molar-refractivity contribution in [3.05, 3.63) is 30.0 Å². The number of aromatic amines is 1. The van der Waals surface area contributed by atoms with Crippen LogP contribution in [0.25, 0.3) is 10.9 Å². The van der Waals surface area contributed by atoms with Crippen molar-refractivity contribution in [2.45, 2.75) is 38.6 Å². The average molecular weight is 383 g/mol. The average Bonchev–Trinajstić information content (AvgIpc) is 3.16. The van der Waals surface area contributed by atoms with Crippen LogP contribution in [0.3, 0.4) is 0 Å². The molecule has 2 saturated heterocycles. The number of aromatic nitrogens is 2. The molecule has 2 aliphatic rings. The molecule has 0 unspecified atom stereocenters. The summed E-state index contributed by atoms with van der Waals surface area (Å²) in [6, 6.07) is 6.34. The van der Waals surface area contributed by atoms with Gasteiger partial charge in [-0.2, -0.15) is 5.10 Å². The summed E-state index contributed by atoms with van der Waals surface area (Å²) in [4.78, 5) is 31.4. The van der Waals surface area contributed by atoms with E-state index in [2.05, 4.69) is 22.0 Å². The van der Waals surface area contributed by atoms with E-state index in [1.54, 1.807) is 6.20 Å². The normalized spacial score (nSPS) is 21.2. The topological polar surface area (TPSA) is 72.5 Å². The summed E-state index contributed by atoms with van der Waals surface area (Å²) in [6.07, 6.45) is 5.63. The molecule has 1 aromatic heterocycles. The lowest BCUT2D eigenvalue weighted by Gasteiger charge is -2.38. The monoisotopic (exact) mass is 383 g/mol. The lowest BCUT2D eigenvalue weighted by molar-refractivity contribution is -0.137. The van der Waals surface area contributed by atoms with Gasteiger partial charge in [0.15, 0.2) is 0 Å². The van der Waals surface area contributed by atoms with E-state index in [4.69, 9.17) is 0 Å². The van der Waals surface area contributed by atoms with Crippen LogP contribution in [-0.2, 0) is 16.0 Å². The molecule has 0 saturated carbocycles. The Kier molecular flexibility index (Phi) is 5.62. The van der Waals surface area contributed by atoms with Gasteiger partial charge < -0.3 is 9.80 Å². The van der Waals surface area contributed by atoms with Crippen molar-refractivity contribution in [2.24, 2.45) is 0 Å². The van der Waals surface area contributed by atoms with E-state index < -0.39 is 0 Å². The number of piperidine rings is 1. The standard InChI is InChI=1S/C21H29N5O2/c1-16-4-2-3-7-26(16)21(28)15-24-8-10-25(11-9-24)20(27)13-17-5-6-18-14-22-23-19(18)12-17/h5-6,12,14,16H,2-4,7-11,13,15H2,1H3,(H,22,23)/t16-/m0/s1. The molecule has 0 radical (unpaired) electrons. The Morgan fingerprint density at radius 1 is 1.11 bits per heavy atom. The number of fused-ring (bicyclic) bond motifs is 1. The lowest BCUT2D eigenvalue weighted by Crippen LogP contribution is -2.53. The fourth-order valence-corrected chi connectivity index (χ4v) is 4.29. The van der Waals surface area contributed by atoms with Crippen LogP contribution in [0.4, 0.5) is 0 Å². The number of rotatable bonds is 4. The molecule has 2 aliphatic heterocycles. The molecule has 0 bridgehead atoms. The predicted octanol–water partition coefficient (Wildman–Crippen LogP) is 1.65. The molecule has 3 heterocycles.